The molecule has 0 saturated carbocycles. The van der Waals surface area contributed by atoms with Crippen molar-refractivity contribution in [2.45, 2.75) is 19.9 Å². The van der Waals surface area contributed by atoms with Gasteiger partial charge in [-0.1, -0.05) is 51.0 Å². The van der Waals surface area contributed by atoms with Crippen LogP contribution in [0.5, 0.6) is 5.75 Å². The standard InChI is InChI=1S/C29H27ClN3OP/c1-18-14-21(6-5-13-31)16-25(15-18)35-29-26-17-23(30)9-12-27(26)33-28(29)20(3)32-19(2)22-7-10-24(34-4)11-8-22/h5-12,14-17,19,32-33,35H,3H2,1-2,4H3/b6-5+/t19-/m1/s1. The van der Waals surface area contributed by atoms with Crippen LogP contribution in [0, 0.1) is 18.3 Å². The normalized spacial score (nSPS) is 12.3. The minimum absolute atomic E-state index is 0.0567. The number of nitriles is 1. The van der Waals surface area contributed by atoms with E-state index in [1.165, 1.54) is 11.4 Å². The summed E-state index contributed by atoms with van der Waals surface area (Å²) in [7, 11) is 2.04. The second kappa shape index (κ2) is 10.8. The zero-order chi connectivity index (χ0) is 24.9. The predicted octanol–water partition coefficient (Wildman–Crippen LogP) is 6.63. The molecule has 0 radical (unpaired) electrons. The van der Waals surface area contributed by atoms with Crippen LogP contribution in [0.25, 0.3) is 22.7 Å². The molecule has 6 heteroatoms. The number of halogens is 1. The molecule has 1 unspecified atom stereocenters. The number of aromatic amines is 1. The van der Waals surface area contributed by atoms with E-state index in [0.29, 0.717) is 13.6 Å². The van der Waals surface area contributed by atoms with Crippen LogP contribution < -0.4 is 20.7 Å². The SMILES string of the molecule is C=C(N[C@H](C)c1ccc(OC)cc1)c1[nH]c2ccc(Cl)cc2c1Pc1cc(C)cc(/C=C/C#N)c1. The van der Waals surface area contributed by atoms with Gasteiger partial charge in [0.25, 0.3) is 0 Å². The minimum atomic E-state index is 0.0567. The monoisotopic (exact) mass is 499 g/mol. The summed E-state index contributed by atoms with van der Waals surface area (Å²) in [4.78, 5) is 3.56. The number of hydrogen-bond donors (Lipinski definition) is 2. The molecule has 4 rings (SSSR count). The van der Waals surface area contributed by atoms with Gasteiger partial charge in [-0.2, -0.15) is 5.26 Å². The highest BCUT2D eigenvalue weighted by Gasteiger charge is 2.17. The number of methoxy groups -OCH3 is 1. The fourth-order valence-electron chi connectivity index (χ4n) is 4.09. The molecule has 176 valence electrons. The number of ether oxygens (including phenoxy) is 1. The van der Waals surface area contributed by atoms with Crippen LogP contribution in [0.3, 0.4) is 0 Å². The van der Waals surface area contributed by atoms with E-state index in [-0.39, 0.29) is 6.04 Å². The summed E-state index contributed by atoms with van der Waals surface area (Å²) < 4.78 is 5.28. The molecule has 2 N–H and O–H groups in total. The fraction of sp³-hybridized carbons (Fsp3) is 0.138. The van der Waals surface area contributed by atoms with Crippen molar-refractivity contribution in [3.8, 4) is 11.8 Å². The van der Waals surface area contributed by atoms with Crippen molar-refractivity contribution >= 4 is 53.5 Å². The van der Waals surface area contributed by atoms with Gasteiger partial charge in [0.05, 0.1) is 24.6 Å². The minimum Gasteiger partial charge on any atom is -0.497 e. The number of allylic oxidation sites excluding steroid dienone is 1. The summed E-state index contributed by atoms with van der Waals surface area (Å²) in [6, 6.07) is 22.5. The molecule has 0 amide bonds. The Morgan fingerprint density at radius 2 is 1.94 bits per heavy atom. The van der Waals surface area contributed by atoms with Gasteiger partial charge in [-0.3, -0.25) is 0 Å². The maximum atomic E-state index is 8.92. The molecular formula is C29H27ClN3OP. The highest BCUT2D eigenvalue weighted by atomic mass is 35.5. The maximum Gasteiger partial charge on any atom is 0.118 e. The first kappa shape index (κ1) is 24.6. The number of aryl methyl sites for hydroxylation is 1. The molecule has 0 aliphatic carbocycles. The highest BCUT2D eigenvalue weighted by molar-refractivity contribution is 7.56. The van der Waals surface area contributed by atoms with E-state index < -0.39 is 0 Å². The molecular weight excluding hydrogens is 473 g/mol. The van der Waals surface area contributed by atoms with Crippen LogP contribution in [-0.2, 0) is 0 Å². The van der Waals surface area contributed by atoms with Crippen molar-refractivity contribution in [1.82, 2.24) is 10.3 Å². The fourth-order valence-corrected chi connectivity index (χ4v) is 5.77. The topological polar surface area (TPSA) is 60.8 Å². The Morgan fingerprint density at radius 1 is 1.17 bits per heavy atom. The zero-order valence-corrected chi connectivity index (χ0v) is 21.7. The first-order valence-electron chi connectivity index (χ1n) is 11.2. The molecule has 1 aromatic heterocycles. The number of nitrogens with one attached hydrogen (secondary N) is 2. The lowest BCUT2D eigenvalue weighted by molar-refractivity contribution is 0.414. The number of nitrogens with zero attached hydrogens (tertiary/aromatic N) is 1. The molecule has 0 bridgehead atoms. The molecule has 0 saturated heterocycles. The van der Waals surface area contributed by atoms with Gasteiger partial charge in [0.15, 0.2) is 0 Å². The number of benzene rings is 3. The Labute approximate surface area is 213 Å². The van der Waals surface area contributed by atoms with Crippen molar-refractivity contribution < 1.29 is 4.74 Å². The van der Waals surface area contributed by atoms with Gasteiger partial charge in [-0.15, -0.1) is 0 Å². The Bertz CT molecular complexity index is 1450. The summed E-state index contributed by atoms with van der Waals surface area (Å²) in [5.41, 5.74) is 6.11. The Morgan fingerprint density at radius 3 is 2.66 bits per heavy atom. The van der Waals surface area contributed by atoms with E-state index in [9.17, 15) is 0 Å². The highest BCUT2D eigenvalue weighted by Crippen LogP contribution is 2.29. The summed E-state index contributed by atoms with van der Waals surface area (Å²) in [6.45, 7) is 8.56. The average Bonchev–Trinajstić information content (AvgIpc) is 3.20. The van der Waals surface area contributed by atoms with E-state index in [1.54, 1.807) is 7.11 Å². The van der Waals surface area contributed by atoms with Crippen molar-refractivity contribution in [2.24, 2.45) is 0 Å². The molecule has 4 nitrogen and oxygen atoms in total. The third kappa shape index (κ3) is 5.77. The lowest BCUT2D eigenvalue weighted by Gasteiger charge is -2.18. The average molecular weight is 500 g/mol. The second-order valence-electron chi connectivity index (χ2n) is 8.40. The third-order valence-corrected chi connectivity index (χ3v) is 7.37. The summed E-state index contributed by atoms with van der Waals surface area (Å²) in [6.07, 6.45) is 3.34. The lowest BCUT2D eigenvalue weighted by atomic mass is 10.1. The van der Waals surface area contributed by atoms with E-state index in [2.05, 4.69) is 67.1 Å². The van der Waals surface area contributed by atoms with E-state index in [4.69, 9.17) is 21.6 Å². The van der Waals surface area contributed by atoms with Crippen molar-refractivity contribution in [2.75, 3.05) is 7.11 Å². The second-order valence-corrected chi connectivity index (χ2v) is 10.2. The lowest BCUT2D eigenvalue weighted by Crippen LogP contribution is -2.20. The Balaban J connectivity index is 1.69. The van der Waals surface area contributed by atoms with Gasteiger partial charge in [-0.05, 0) is 78.3 Å². The zero-order valence-electron chi connectivity index (χ0n) is 19.9. The van der Waals surface area contributed by atoms with Crippen LogP contribution in [0.2, 0.25) is 5.02 Å². The maximum absolute atomic E-state index is 8.92. The summed E-state index contributed by atoms with van der Waals surface area (Å²) in [5, 5.41) is 16.6. The Hall–Kier alpha value is -3.51. The smallest absolute Gasteiger partial charge is 0.118 e. The van der Waals surface area contributed by atoms with Gasteiger partial charge in [0.2, 0.25) is 0 Å². The predicted molar refractivity (Wildman–Crippen MR) is 150 cm³/mol. The molecule has 0 fully saturated rings. The van der Waals surface area contributed by atoms with E-state index in [0.717, 1.165) is 50.0 Å². The van der Waals surface area contributed by atoms with E-state index in [1.807, 2.05) is 36.4 Å². The number of fused-ring (bicyclic) bond motifs is 1. The third-order valence-electron chi connectivity index (χ3n) is 5.79. The van der Waals surface area contributed by atoms with Crippen LogP contribution in [0.1, 0.15) is 35.3 Å². The van der Waals surface area contributed by atoms with Gasteiger partial charge >= 0.3 is 0 Å². The molecule has 4 aromatic rings. The largest absolute Gasteiger partial charge is 0.497 e. The molecule has 35 heavy (non-hydrogen) atoms. The van der Waals surface area contributed by atoms with Gasteiger partial charge in [-0.25, -0.2) is 0 Å². The van der Waals surface area contributed by atoms with Crippen molar-refractivity contribution in [3.05, 3.63) is 101 Å². The quantitative estimate of drug-likeness (QED) is 0.211. The van der Waals surface area contributed by atoms with Crippen molar-refractivity contribution in [1.29, 1.82) is 5.26 Å². The number of H-pyrrole nitrogens is 1. The molecule has 1 heterocycles. The summed E-state index contributed by atoms with van der Waals surface area (Å²) in [5.74, 6) is 0.831. The molecule has 3 aromatic carbocycles. The molecule has 0 aliphatic rings. The van der Waals surface area contributed by atoms with Crippen LogP contribution >= 0.6 is 20.2 Å². The Kier molecular flexibility index (Phi) is 7.61. The molecule has 2 atom stereocenters. The number of hydrogen-bond acceptors (Lipinski definition) is 3. The van der Waals surface area contributed by atoms with Gasteiger partial charge < -0.3 is 15.0 Å². The molecule has 0 spiro atoms. The van der Waals surface area contributed by atoms with E-state index >= 15 is 0 Å². The van der Waals surface area contributed by atoms with Crippen LogP contribution in [-0.4, -0.2) is 12.1 Å². The van der Waals surface area contributed by atoms with Crippen LogP contribution in [0.15, 0.2) is 73.3 Å². The first-order chi connectivity index (χ1) is 16.9. The first-order valence-corrected chi connectivity index (χ1v) is 12.6. The van der Waals surface area contributed by atoms with Crippen LogP contribution in [0.4, 0.5) is 0 Å². The molecule has 0 aliphatic heterocycles. The number of aromatic nitrogens is 1. The van der Waals surface area contributed by atoms with Gasteiger partial charge in [0, 0.05) is 33.3 Å². The number of rotatable bonds is 8. The van der Waals surface area contributed by atoms with Crippen molar-refractivity contribution in [3.63, 3.8) is 0 Å². The van der Waals surface area contributed by atoms with Gasteiger partial charge in [0.1, 0.15) is 5.75 Å². The summed E-state index contributed by atoms with van der Waals surface area (Å²) >= 11 is 6.38.